The molecular weight excluding hydrogens is 1290 g/mol. The number of aromatic amines is 3. The van der Waals surface area contributed by atoms with Crippen LogP contribution in [0.5, 0.6) is 0 Å². The van der Waals surface area contributed by atoms with Gasteiger partial charge in [-0.2, -0.15) is 10.5 Å². The molecule has 0 aliphatic carbocycles. The Morgan fingerprint density at radius 2 is 1.14 bits per heavy atom. The zero-order chi connectivity index (χ0) is 71.9. The lowest BCUT2D eigenvalue weighted by Gasteiger charge is -2.28. The number of fused-ring (bicyclic) bond motifs is 5. The number of rotatable bonds is 7. The average Bonchev–Trinajstić information content (AvgIpc) is 1.58. The molecule has 500 valence electrons. The first kappa shape index (κ1) is 67.4. The Kier molecular flexibility index (Phi) is 18.9. The summed E-state index contributed by atoms with van der Waals surface area (Å²) in [7, 11) is 1.31. The van der Waals surface area contributed by atoms with Crippen LogP contribution >= 0.6 is 0 Å². The summed E-state index contributed by atoms with van der Waals surface area (Å²) in [6, 6.07) is 65.5. The van der Waals surface area contributed by atoms with E-state index in [-0.39, 0.29) is 45.6 Å². The Morgan fingerprint density at radius 1 is 0.598 bits per heavy atom. The second-order valence-electron chi connectivity index (χ2n) is 24.0. The van der Waals surface area contributed by atoms with E-state index < -0.39 is 22.7 Å². The Labute approximate surface area is 580 Å². The van der Waals surface area contributed by atoms with Crippen LogP contribution in [0, 0.1) is 55.4 Å². The van der Waals surface area contributed by atoms with Crippen molar-refractivity contribution in [2.75, 3.05) is 10.6 Å². The first-order chi connectivity index (χ1) is 49.2. The molecule has 0 spiro atoms. The summed E-state index contributed by atoms with van der Waals surface area (Å²) in [5, 5.41) is 24.9. The highest BCUT2D eigenvalue weighted by Crippen LogP contribution is 2.37. The lowest BCUT2D eigenvalue weighted by atomic mass is 9.89. The molecule has 0 atom stereocenters. The summed E-state index contributed by atoms with van der Waals surface area (Å²) >= 11 is 0. The number of para-hydroxylation sites is 1. The van der Waals surface area contributed by atoms with Crippen molar-refractivity contribution in [3.8, 4) is 57.0 Å². The smallest absolute Gasteiger partial charge is 0.329 e. The van der Waals surface area contributed by atoms with E-state index in [0.717, 1.165) is 87.4 Å². The van der Waals surface area contributed by atoms with E-state index in [1.807, 2.05) is 212 Å². The first-order valence-corrected chi connectivity index (χ1v) is 31.7. The van der Waals surface area contributed by atoms with Crippen molar-refractivity contribution in [2.45, 2.75) is 34.6 Å². The molecule has 0 saturated carbocycles. The number of hydrogen-bond acceptors (Lipinski definition) is 12. The second kappa shape index (κ2) is 28.6. The lowest BCUT2D eigenvalue weighted by Crippen LogP contribution is -2.45. The SMILES string of the molecule is CC1(C)C(=O)Nc2c(C#N)c(-c3ccccc3)cn2C1=O.Cc1cc(=O)n2cc(-c3ccccc3)nc2[nH]1.Cc1nc2/c(=C\c3ccccc3)c(C)cn2c1C(=O)Nc1ccccc1.O=c1cc(-c2ccccc2)n2cc(-c3ccccc3)nc2[nH]1.[C-]#[N+]c1cn2c(=O)n(C)c(=O)[nH]c2c1C#N. The molecule has 0 saturated heterocycles. The number of nitrogens with one attached hydrogen (secondary N) is 5. The van der Waals surface area contributed by atoms with Crippen molar-refractivity contribution in [3.63, 3.8) is 0 Å². The maximum Gasteiger partial charge on any atom is 0.336 e. The highest BCUT2D eigenvalue weighted by Gasteiger charge is 2.43. The van der Waals surface area contributed by atoms with Gasteiger partial charge in [0, 0.05) is 83.5 Å². The average molecular weight is 1350 g/mol. The van der Waals surface area contributed by atoms with Crippen LogP contribution in [0.25, 0.3) is 78.7 Å². The number of aromatic nitrogens is 12. The molecule has 24 nitrogen and oxygen atoms in total. The van der Waals surface area contributed by atoms with Gasteiger partial charge in [0.05, 0.1) is 35.4 Å². The molecule has 15 aromatic rings. The highest BCUT2D eigenvalue weighted by atomic mass is 16.2. The summed E-state index contributed by atoms with van der Waals surface area (Å²) in [5.41, 5.74) is 10.6. The van der Waals surface area contributed by atoms with Gasteiger partial charge in [-0.1, -0.05) is 170 Å². The number of H-pyrrole nitrogens is 3. The van der Waals surface area contributed by atoms with Crippen molar-refractivity contribution in [3.05, 3.63) is 323 Å². The number of amides is 2. The number of aryl methyl sites for hydroxylation is 3. The molecule has 1 aliphatic heterocycles. The number of benzene rings is 6. The number of carbonyl (C=O) groups is 3. The van der Waals surface area contributed by atoms with E-state index in [9.17, 15) is 38.8 Å². The fourth-order valence-electron chi connectivity index (χ4n) is 11.4. The Balaban J connectivity index is 0.000000122. The standard InChI is InChI=1S/C22H19N3O.C18H13N3O.C16H13N3O2.C13H11N3O.C9H5N5O2/c1-15-14-25-20(22(26)24-18-11-7-4-8-12-18)16(2)23-21(25)19(15)13-17-9-5-3-6-10-17;22-17-11-16(14-9-5-2-6-10-14)21-12-15(19-18(21)20-17)13-7-3-1-4-8-13;1-16(2)14(20)18-13-11(8-17)12(9-19(13)15(16)21)10-6-4-3-5-7-10;1-9-7-12(17)16-8-11(15-13(16)14-9)10-5-3-2-4-6-10;1-11-6-4-14-7(5(6)3-10)12-8(15)13(2)9(14)16/h3-14H,1-2H3,(H,24,26);1-12H,(H,19,20,22);3-7,9H,1-2H3,(H,18,20);2-8H,1H3,(H,14,15);4H,2H3,(H,12,15)/b19-13-;;;;. The van der Waals surface area contributed by atoms with Crippen molar-refractivity contribution in [1.29, 1.82) is 10.5 Å². The number of hydrogen-bond donors (Lipinski definition) is 5. The largest absolute Gasteiger partial charge is 0.336 e. The van der Waals surface area contributed by atoms with Gasteiger partial charge in [-0.3, -0.25) is 56.1 Å². The maximum absolute atomic E-state index is 12.8. The predicted molar refractivity (Wildman–Crippen MR) is 389 cm³/mol. The van der Waals surface area contributed by atoms with Crippen LogP contribution in [-0.4, -0.2) is 74.4 Å². The van der Waals surface area contributed by atoms with Gasteiger partial charge in [-0.05, 0) is 75.1 Å². The quantitative estimate of drug-likeness (QED) is 0.0735. The second-order valence-corrected chi connectivity index (χ2v) is 24.0. The summed E-state index contributed by atoms with van der Waals surface area (Å²) < 4.78 is 8.63. The van der Waals surface area contributed by atoms with Gasteiger partial charge in [0.2, 0.25) is 29.1 Å². The molecule has 5 N–H and O–H groups in total. The molecule has 16 rings (SSSR count). The van der Waals surface area contributed by atoms with Gasteiger partial charge >= 0.3 is 11.4 Å². The summed E-state index contributed by atoms with van der Waals surface area (Å²) in [6.07, 6.45) is 10.6. The number of carbonyl (C=O) groups excluding carboxylic acids is 3. The molecule has 0 bridgehead atoms. The van der Waals surface area contributed by atoms with E-state index in [1.54, 1.807) is 44.4 Å². The van der Waals surface area contributed by atoms with Crippen molar-refractivity contribution < 1.29 is 14.4 Å². The van der Waals surface area contributed by atoms with Crippen LogP contribution in [0.2, 0.25) is 0 Å². The van der Waals surface area contributed by atoms with E-state index in [2.05, 4.69) is 69.7 Å². The van der Waals surface area contributed by atoms with Gasteiger partial charge in [-0.25, -0.2) is 34.0 Å². The molecule has 10 heterocycles. The van der Waals surface area contributed by atoms with E-state index in [0.29, 0.717) is 28.4 Å². The van der Waals surface area contributed by atoms with E-state index in [4.69, 9.17) is 11.8 Å². The first-order valence-electron chi connectivity index (χ1n) is 31.7. The van der Waals surface area contributed by atoms with Gasteiger partial charge in [-0.15, -0.1) is 0 Å². The van der Waals surface area contributed by atoms with Crippen molar-refractivity contribution in [1.82, 2.24) is 56.6 Å². The van der Waals surface area contributed by atoms with Crippen LogP contribution in [-0.2, 0) is 11.8 Å². The van der Waals surface area contributed by atoms with E-state index in [1.165, 1.54) is 22.2 Å². The van der Waals surface area contributed by atoms with Gasteiger partial charge in [0.25, 0.3) is 17.0 Å². The van der Waals surface area contributed by atoms with Crippen LogP contribution in [0.1, 0.15) is 62.8 Å². The Morgan fingerprint density at radius 3 is 1.72 bits per heavy atom. The lowest BCUT2D eigenvalue weighted by molar-refractivity contribution is -0.122. The molecule has 102 heavy (non-hydrogen) atoms. The molecule has 2 amide bonds. The van der Waals surface area contributed by atoms with Crippen LogP contribution in [0.3, 0.4) is 0 Å². The number of imidazole rings is 3. The minimum Gasteiger partial charge on any atom is -0.329 e. The minimum absolute atomic E-state index is 0.00444. The summed E-state index contributed by atoms with van der Waals surface area (Å²) in [5.74, 6) is 0.497. The zero-order valence-electron chi connectivity index (χ0n) is 55.7. The van der Waals surface area contributed by atoms with Gasteiger partial charge in [0.15, 0.2) is 0 Å². The molecule has 9 aromatic heterocycles. The number of anilines is 2. The molecule has 1 aliphatic rings. The molecular formula is C78H61N17O7. The third-order valence-corrected chi connectivity index (χ3v) is 16.7. The molecule has 6 aromatic carbocycles. The highest BCUT2D eigenvalue weighted by molar-refractivity contribution is 6.16. The monoisotopic (exact) mass is 1350 g/mol. The third-order valence-electron chi connectivity index (χ3n) is 16.7. The van der Waals surface area contributed by atoms with Gasteiger partial charge in [0.1, 0.15) is 45.4 Å². The third kappa shape index (κ3) is 13.6. The van der Waals surface area contributed by atoms with Crippen LogP contribution < -0.4 is 38.4 Å². The Bertz CT molecular complexity index is 6160. The van der Waals surface area contributed by atoms with Crippen molar-refractivity contribution >= 4 is 63.8 Å². The fraction of sp³-hybridized carbons (Fsp3) is 0.0897. The zero-order valence-corrected chi connectivity index (χ0v) is 55.7. The normalized spacial score (nSPS) is 12.0. The Hall–Kier alpha value is -14.6. The molecule has 0 fully saturated rings. The molecule has 0 radical (unpaired) electrons. The molecule has 0 unspecified atom stereocenters. The minimum atomic E-state index is -1.15. The van der Waals surface area contributed by atoms with E-state index >= 15 is 0 Å². The summed E-state index contributed by atoms with van der Waals surface area (Å²) in [4.78, 5) is 109. The van der Waals surface area contributed by atoms with Crippen LogP contribution in [0.15, 0.2) is 244 Å². The summed E-state index contributed by atoms with van der Waals surface area (Å²) in [6.45, 7) is 15.8. The van der Waals surface area contributed by atoms with Crippen LogP contribution in [0.4, 0.5) is 17.2 Å². The maximum atomic E-state index is 12.8. The number of nitriles is 2. The van der Waals surface area contributed by atoms with Gasteiger partial charge < -0.3 is 15.6 Å². The topological polar surface area (TPSA) is 309 Å². The predicted octanol–water partition coefficient (Wildman–Crippen LogP) is 11.5. The van der Waals surface area contributed by atoms with Crippen molar-refractivity contribution in [2.24, 2.45) is 12.5 Å². The molecule has 24 heteroatoms. The number of nitrogens with zero attached hydrogens (tertiary/aromatic N) is 12. The fourth-order valence-corrected chi connectivity index (χ4v) is 11.4.